The average Bonchev–Trinajstić information content (AvgIpc) is 2.34. The monoisotopic (exact) mass is 268 g/mol. The maximum absolute atomic E-state index is 12.9. The number of ether oxygens (including phenoxy) is 1. The Labute approximate surface area is 111 Å². The van der Waals surface area contributed by atoms with Gasteiger partial charge in [0.1, 0.15) is 11.9 Å². The molecule has 0 aliphatic carbocycles. The molecule has 1 aromatic rings. The van der Waals surface area contributed by atoms with E-state index in [0.717, 1.165) is 0 Å². The molecule has 6 heteroatoms. The van der Waals surface area contributed by atoms with Gasteiger partial charge in [-0.25, -0.2) is 9.18 Å². The molecule has 1 aromatic carbocycles. The van der Waals surface area contributed by atoms with Crippen molar-refractivity contribution in [3.63, 3.8) is 0 Å². The summed E-state index contributed by atoms with van der Waals surface area (Å²) in [5.41, 5.74) is 1.41. The third kappa shape index (κ3) is 4.57. The van der Waals surface area contributed by atoms with Gasteiger partial charge in [-0.1, -0.05) is 0 Å². The van der Waals surface area contributed by atoms with Crippen LogP contribution in [0.15, 0.2) is 18.2 Å². The predicted molar refractivity (Wildman–Crippen MR) is 69.2 cm³/mol. The van der Waals surface area contributed by atoms with Crippen LogP contribution in [-0.2, 0) is 14.3 Å². The van der Waals surface area contributed by atoms with Crippen LogP contribution >= 0.6 is 0 Å². The van der Waals surface area contributed by atoms with Crippen molar-refractivity contribution in [2.45, 2.75) is 19.9 Å². The Kier molecular flexibility index (Phi) is 5.29. The van der Waals surface area contributed by atoms with Crippen molar-refractivity contribution in [2.24, 2.45) is 0 Å². The maximum Gasteiger partial charge on any atom is 0.330 e. The highest BCUT2D eigenvalue weighted by atomic mass is 19.1. The largest absolute Gasteiger partial charge is 0.467 e. The summed E-state index contributed by atoms with van der Waals surface area (Å²) in [6, 6.07) is 3.49. The zero-order valence-corrected chi connectivity index (χ0v) is 11.1. The van der Waals surface area contributed by atoms with Crippen LogP contribution in [0.3, 0.4) is 0 Å². The molecule has 0 radical (unpaired) electrons. The van der Waals surface area contributed by atoms with E-state index < -0.39 is 12.0 Å². The second-order valence-corrected chi connectivity index (χ2v) is 4.12. The normalized spacial score (nSPS) is 11.6. The van der Waals surface area contributed by atoms with Crippen LogP contribution in [0.4, 0.5) is 10.1 Å². The molecule has 0 aliphatic heterocycles. The van der Waals surface area contributed by atoms with E-state index in [1.54, 1.807) is 13.0 Å². The fourth-order valence-electron chi connectivity index (χ4n) is 1.62. The third-order valence-corrected chi connectivity index (χ3v) is 2.55. The lowest BCUT2D eigenvalue weighted by Crippen LogP contribution is -2.45. The molecule has 1 atom stereocenters. The quantitative estimate of drug-likeness (QED) is 0.788. The minimum Gasteiger partial charge on any atom is -0.467 e. The van der Waals surface area contributed by atoms with E-state index in [9.17, 15) is 14.0 Å². The van der Waals surface area contributed by atoms with Crippen molar-refractivity contribution in [1.29, 1.82) is 0 Å². The van der Waals surface area contributed by atoms with Crippen molar-refractivity contribution in [1.82, 2.24) is 5.32 Å². The highest BCUT2D eigenvalue weighted by Crippen LogP contribution is 2.15. The van der Waals surface area contributed by atoms with E-state index >= 15 is 0 Å². The van der Waals surface area contributed by atoms with Crippen molar-refractivity contribution in [3.05, 3.63) is 29.6 Å². The van der Waals surface area contributed by atoms with E-state index in [2.05, 4.69) is 15.4 Å². The molecule has 5 nitrogen and oxygen atoms in total. The summed E-state index contributed by atoms with van der Waals surface area (Å²) < 4.78 is 17.5. The summed E-state index contributed by atoms with van der Waals surface area (Å²) in [6.07, 6.45) is 0. The molecule has 0 fully saturated rings. The van der Waals surface area contributed by atoms with Gasteiger partial charge in [-0.2, -0.15) is 0 Å². The number of carbonyl (C=O) groups is 2. The first-order valence-electron chi connectivity index (χ1n) is 5.79. The summed E-state index contributed by atoms with van der Waals surface area (Å²) in [7, 11) is 1.25. The summed E-state index contributed by atoms with van der Waals surface area (Å²) in [6.45, 7) is 3.23. The molecule has 1 rings (SSSR count). The molecule has 0 heterocycles. The zero-order valence-electron chi connectivity index (χ0n) is 11.1. The number of amides is 1. The van der Waals surface area contributed by atoms with Crippen LogP contribution in [0.5, 0.6) is 0 Å². The van der Waals surface area contributed by atoms with Crippen LogP contribution in [0.25, 0.3) is 0 Å². The van der Waals surface area contributed by atoms with Gasteiger partial charge in [-0.3, -0.25) is 4.79 Å². The lowest BCUT2D eigenvalue weighted by Gasteiger charge is -2.17. The smallest absolute Gasteiger partial charge is 0.330 e. The minimum atomic E-state index is -0.785. The topological polar surface area (TPSA) is 67.4 Å². The summed E-state index contributed by atoms with van der Waals surface area (Å²) in [5.74, 6) is -1.19. The van der Waals surface area contributed by atoms with E-state index in [1.807, 2.05) is 0 Å². The number of carbonyl (C=O) groups excluding carboxylic acids is 2. The molecule has 0 spiro atoms. The molecule has 0 bridgehead atoms. The number of nitrogens with one attached hydrogen (secondary N) is 2. The van der Waals surface area contributed by atoms with Gasteiger partial charge >= 0.3 is 5.97 Å². The predicted octanol–water partition coefficient (Wildman–Crippen LogP) is 1.22. The molecular formula is C13H17FN2O3. The number of methoxy groups -OCH3 is 1. The van der Waals surface area contributed by atoms with Crippen LogP contribution in [-0.4, -0.2) is 31.6 Å². The van der Waals surface area contributed by atoms with Gasteiger partial charge in [-0.05, 0) is 30.7 Å². The van der Waals surface area contributed by atoms with Crippen molar-refractivity contribution in [3.8, 4) is 0 Å². The summed E-state index contributed by atoms with van der Waals surface area (Å²) >= 11 is 0. The fourth-order valence-corrected chi connectivity index (χ4v) is 1.62. The van der Waals surface area contributed by atoms with Gasteiger partial charge in [0.25, 0.3) is 0 Å². The zero-order chi connectivity index (χ0) is 14.4. The highest BCUT2D eigenvalue weighted by Gasteiger charge is 2.19. The van der Waals surface area contributed by atoms with E-state index in [1.165, 1.54) is 26.2 Å². The second kappa shape index (κ2) is 6.72. The maximum atomic E-state index is 12.9. The van der Waals surface area contributed by atoms with E-state index in [0.29, 0.717) is 11.3 Å². The van der Waals surface area contributed by atoms with Crippen LogP contribution in [0.1, 0.15) is 12.5 Å². The van der Waals surface area contributed by atoms with Gasteiger partial charge in [0.05, 0.1) is 7.11 Å². The average molecular weight is 268 g/mol. The molecule has 0 saturated carbocycles. The van der Waals surface area contributed by atoms with Crippen LogP contribution < -0.4 is 10.6 Å². The Bertz CT molecular complexity index is 477. The number of hydrogen-bond donors (Lipinski definition) is 2. The Morgan fingerprint density at radius 3 is 2.63 bits per heavy atom. The molecule has 0 aromatic heterocycles. The van der Waals surface area contributed by atoms with Gasteiger partial charge < -0.3 is 15.4 Å². The van der Waals surface area contributed by atoms with E-state index in [4.69, 9.17) is 0 Å². The Morgan fingerprint density at radius 2 is 2.11 bits per heavy atom. The Balaban J connectivity index is 2.70. The third-order valence-electron chi connectivity index (χ3n) is 2.55. The standard InChI is InChI=1S/C13H17FN2O3/c1-8-6-10(14)4-5-11(8)15-7-12(13(18)19-3)16-9(2)17/h4-6,12,15H,7H2,1-3H3,(H,16,17). The summed E-state index contributed by atoms with van der Waals surface area (Å²) in [5, 5.41) is 5.46. The van der Waals surface area contributed by atoms with Crippen molar-refractivity contribution >= 4 is 17.6 Å². The SMILES string of the molecule is COC(=O)C(CNc1ccc(F)cc1C)NC(C)=O. The summed E-state index contributed by atoms with van der Waals surface area (Å²) in [4.78, 5) is 22.5. The fraction of sp³-hybridized carbons (Fsp3) is 0.385. The number of aryl methyl sites for hydroxylation is 1. The van der Waals surface area contributed by atoms with Gasteiger partial charge in [0.15, 0.2) is 0 Å². The lowest BCUT2D eigenvalue weighted by molar-refractivity contribution is -0.144. The molecule has 0 aliphatic rings. The Morgan fingerprint density at radius 1 is 1.42 bits per heavy atom. The second-order valence-electron chi connectivity index (χ2n) is 4.12. The number of hydrogen-bond acceptors (Lipinski definition) is 4. The number of benzene rings is 1. The molecule has 19 heavy (non-hydrogen) atoms. The molecule has 2 N–H and O–H groups in total. The number of esters is 1. The van der Waals surface area contributed by atoms with Crippen molar-refractivity contribution < 1.29 is 18.7 Å². The first-order valence-corrected chi connectivity index (χ1v) is 5.79. The van der Waals surface area contributed by atoms with E-state index in [-0.39, 0.29) is 18.3 Å². The van der Waals surface area contributed by atoms with Crippen LogP contribution in [0.2, 0.25) is 0 Å². The molecule has 104 valence electrons. The van der Waals surface area contributed by atoms with Gasteiger partial charge in [-0.15, -0.1) is 0 Å². The number of halogens is 1. The number of rotatable bonds is 5. The Hall–Kier alpha value is -2.11. The molecule has 1 unspecified atom stereocenters. The highest BCUT2D eigenvalue weighted by molar-refractivity contribution is 5.83. The molecular weight excluding hydrogens is 251 g/mol. The molecule has 1 amide bonds. The number of anilines is 1. The van der Waals surface area contributed by atoms with Crippen LogP contribution in [0, 0.1) is 12.7 Å². The molecule has 0 saturated heterocycles. The minimum absolute atomic E-state index is 0.165. The lowest BCUT2D eigenvalue weighted by atomic mass is 10.2. The first kappa shape index (κ1) is 14.9. The van der Waals surface area contributed by atoms with Crippen molar-refractivity contribution in [2.75, 3.05) is 19.0 Å². The van der Waals surface area contributed by atoms with Gasteiger partial charge in [0.2, 0.25) is 5.91 Å². The van der Waals surface area contributed by atoms with Gasteiger partial charge in [0, 0.05) is 19.2 Å². The first-order chi connectivity index (χ1) is 8.93.